The molecule has 2 N–H and O–H groups in total. The molecule has 0 spiro atoms. The number of aromatic nitrogens is 2. The van der Waals surface area contributed by atoms with Crippen molar-refractivity contribution < 1.29 is 0 Å². The van der Waals surface area contributed by atoms with Gasteiger partial charge in [-0.15, -0.1) is 0 Å². The smallest absolute Gasteiger partial charge is 0.150 e. The van der Waals surface area contributed by atoms with Gasteiger partial charge >= 0.3 is 0 Å². The van der Waals surface area contributed by atoms with Crippen molar-refractivity contribution >= 4 is 11.5 Å². The summed E-state index contributed by atoms with van der Waals surface area (Å²) in [6.45, 7) is 12.7. The van der Waals surface area contributed by atoms with Crippen LogP contribution in [-0.2, 0) is 0 Å². The maximum absolute atomic E-state index is 6.16. The zero-order chi connectivity index (χ0) is 13.0. The fourth-order valence-corrected chi connectivity index (χ4v) is 1.99. The number of aryl methyl sites for hydroxylation is 1. The van der Waals surface area contributed by atoms with E-state index in [2.05, 4.69) is 37.7 Å². The molecule has 1 aromatic rings. The summed E-state index contributed by atoms with van der Waals surface area (Å²) >= 11 is 0. The van der Waals surface area contributed by atoms with Gasteiger partial charge in [0.1, 0.15) is 0 Å². The number of rotatable bonds is 6. The first kappa shape index (κ1) is 13.9. The lowest BCUT2D eigenvalue weighted by Crippen LogP contribution is -2.28. The zero-order valence-corrected chi connectivity index (χ0v) is 11.8. The van der Waals surface area contributed by atoms with Crippen LogP contribution in [0.5, 0.6) is 0 Å². The second kappa shape index (κ2) is 5.94. The van der Waals surface area contributed by atoms with Crippen molar-refractivity contribution in [1.82, 2.24) is 9.78 Å². The summed E-state index contributed by atoms with van der Waals surface area (Å²) in [4.78, 5) is 2.33. The standard InChI is InChI=1S/C13H26N4/c1-6-8-9-16(7-2)13-12(14)11(5)15-17(13)10(3)4/h10H,6-9,14H2,1-5H3. The molecule has 0 atom stereocenters. The molecule has 98 valence electrons. The van der Waals surface area contributed by atoms with Crippen LogP contribution in [0.15, 0.2) is 0 Å². The quantitative estimate of drug-likeness (QED) is 0.828. The molecule has 0 aliphatic carbocycles. The van der Waals surface area contributed by atoms with Crippen molar-refractivity contribution in [2.75, 3.05) is 23.7 Å². The molecule has 4 nitrogen and oxygen atoms in total. The van der Waals surface area contributed by atoms with E-state index in [0.29, 0.717) is 6.04 Å². The highest BCUT2D eigenvalue weighted by atomic mass is 15.4. The largest absolute Gasteiger partial charge is 0.394 e. The fraction of sp³-hybridized carbons (Fsp3) is 0.769. The topological polar surface area (TPSA) is 47.1 Å². The van der Waals surface area contributed by atoms with Crippen molar-refractivity contribution in [2.45, 2.75) is 53.5 Å². The van der Waals surface area contributed by atoms with Crippen LogP contribution in [0, 0.1) is 6.92 Å². The maximum Gasteiger partial charge on any atom is 0.150 e. The Balaban J connectivity index is 3.07. The molecular weight excluding hydrogens is 212 g/mol. The summed E-state index contributed by atoms with van der Waals surface area (Å²) in [5.41, 5.74) is 7.93. The van der Waals surface area contributed by atoms with E-state index in [9.17, 15) is 0 Å². The lowest BCUT2D eigenvalue weighted by atomic mass is 10.3. The SMILES string of the molecule is CCCCN(CC)c1c(N)c(C)nn1C(C)C. The van der Waals surface area contributed by atoms with Crippen LogP contribution in [0.2, 0.25) is 0 Å². The molecule has 0 radical (unpaired) electrons. The van der Waals surface area contributed by atoms with Crippen LogP contribution >= 0.6 is 0 Å². The summed E-state index contributed by atoms with van der Waals surface area (Å²) in [5.74, 6) is 1.09. The highest BCUT2D eigenvalue weighted by molar-refractivity contribution is 5.66. The Labute approximate surface area is 105 Å². The van der Waals surface area contributed by atoms with Crippen LogP contribution in [0.4, 0.5) is 11.5 Å². The predicted molar refractivity (Wildman–Crippen MR) is 74.6 cm³/mol. The minimum Gasteiger partial charge on any atom is -0.394 e. The molecule has 0 saturated heterocycles. The van der Waals surface area contributed by atoms with E-state index in [1.54, 1.807) is 0 Å². The van der Waals surface area contributed by atoms with Gasteiger partial charge in [-0.1, -0.05) is 13.3 Å². The minimum absolute atomic E-state index is 0.344. The molecule has 0 saturated carbocycles. The van der Waals surface area contributed by atoms with Crippen LogP contribution in [-0.4, -0.2) is 22.9 Å². The van der Waals surface area contributed by atoms with E-state index in [1.165, 1.54) is 12.8 Å². The van der Waals surface area contributed by atoms with Crippen molar-refractivity contribution in [3.8, 4) is 0 Å². The maximum atomic E-state index is 6.16. The van der Waals surface area contributed by atoms with Crippen molar-refractivity contribution in [3.05, 3.63) is 5.69 Å². The fourth-order valence-electron chi connectivity index (χ4n) is 1.99. The van der Waals surface area contributed by atoms with E-state index in [4.69, 9.17) is 5.73 Å². The van der Waals surface area contributed by atoms with Gasteiger partial charge in [0.2, 0.25) is 0 Å². The van der Waals surface area contributed by atoms with Gasteiger partial charge in [0.05, 0.1) is 11.4 Å². The average molecular weight is 238 g/mol. The van der Waals surface area contributed by atoms with E-state index >= 15 is 0 Å². The zero-order valence-electron chi connectivity index (χ0n) is 11.8. The Morgan fingerprint density at radius 2 is 2.00 bits per heavy atom. The molecule has 1 aromatic heterocycles. The van der Waals surface area contributed by atoms with Gasteiger partial charge in [0.25, 0.3) is 0 Å². The van der Waals surface area contributed by atoms with Gasteiger partial charge in [-0.3, -0.25) is 0 Å². The van der Waals surface area contributed by atoms with Gasteiger partial charge < -0.3 is 10.6 Å². The molecule has 0 aliphatic heterocycles. The van der Waals surface area contributed by atoms with Gasteiger partial charge in [0, 0.05) is 19.1 Å². The van der Waals surface area contributed by atoms with E-state index in [0.717, 1.165) is 30.3 Å². The van der Waals surface area contributed by atoms with Crippen molar-refractivity contribution in [3.63, 3.8) is 0 Å². The lowest BCUT2D eigenvalue weighted by molar-refractivity contribution is 0.521. The number of hydrogen-bond donors (Lipinski definition) is 1. The number of nitrogens with zero attached hydrogens (tertiary/aromatic N) is 3. The van der Waals surface area contributed by atoms with E-state index in [-0.39, 0.29) is 0 Å². The Kier molecular flexibility index (Phi) is 4.85. The van der Waals surface area contributed by atoms with Crippen molar-refractivity contribution in [2.24, 2.45) is 0 Å². The highest BCUT2D eigenvalue weighted by Crippen LogP contribution is 2.29. The average Bonchev–Trinajstić information content (AvgIpc) is 2.58. The first-order valence-electron chi connectivity index (χ1n) is 6.62. The van der Waals surface area contributed by atoms with Gasteiger partial charge in [-0.25, -0.2) is 4.68 Å². The third-order valence-corrected chi connectivity index (χ3v) is 3.06. The molecule has 0 unspecified atom stereocenters. The van der Waals surface area contributed by atoms with E-state index < -0.39 is 0 Å². The van der Waals surface area contributed by atoms with Crippen LogP contribution < -0.4 is 10.6 Å². The van der Waals surface area contributed by atoms with Gasteiger partial charge in [-0.2, -0.15) is 5.10 Å². The Hall–Kier alpha value is -1.19. The molecular formula is C13H26N4. The summed E-state index contributed by atoms with van der Waals surface area (Å²) < 4.78 is 2.05. The first-order valence-corrected chi connectivity index (χ1v) is 6.62. The first-order chi connectivity index (χ1) is 8.02. The molecule has 0 amide bonds. The van der Waals surface area contributed by atoms with Crippen LogP contribution in [0.3, 0.4) is 0 Å². The third-order valence-electron chi connectivity index (χ3n) is 3.06. The van der Waals surface area contributed by atoms with Crippen LogP contribution in [0.1, 0.15) is 52.3 Å². The molecule has 1 rings (SSSR count). The number of hydrogen-bond acceptors (Lipinski definition) is 3. The molecule has 17 heavy (non-hydrogen) atoms. The number of anilines is 2. The highest BCUT2D eigenvalue weighted by Gasteiger charge is 2.19. The predicted octanol–water partition coefficient (Wildman–Crippen LogP) is 2.98. The second-order valence-electron chi connectivity index (χ2n) is 4.79. The summed E-state index contributed by atoms with van der Waals surface area (Å²) in [6.07, 6.45) is 2.39. The summed E-state index contributed by atoms with van der Waals surface area (Å²) in [7, 11) is 0. The number of nitrogen functional groups attached to an aromatic ring is 1. The molecule has 0 bridgehead atoms. The molecule has 0 aromatic carbocycles. The number of unbranched alkanes of at least 4 members (excludes halogenated alkanes) is 1. The molecule has 4 heteroatoms. The second-order valence-corrected chi connectivity index (χ2v) is 4.79. The minimum atomic E-state index is 0.344. The Bertz CT molecular complexity index is 355. The van der Waals surface area contributed by atoms with Crippen molar-refractivity contribution in [1.29, 1.82) is 0 Å². The number of nitrogens with two attached hydrogens (primary N) is 1. The molecule has 0 aliphatic rings. The molecule has 0 fully saturated rings. The van der Waals surface area contributed by atoms with Gasteiger partial charge in [-0.05, 0) is 34.1 Å². The Morgan fingerprint density at radius 1 is 1.35 bits per heavy atom. The van der Waals surface area contributed by atoms with Crippen LogP contribution in [0.25, 0.3) is 0 Å². The van der Waals surface area contributed by atoms with E-state index in [1.807, 2.05) is 11.6 Å². The Morgan fingerprint density at radius 3 is 2.47 bits per heavy atom. The normalized spacial score (nSPS) is 11.2. The van der Waals surface area contributed by atoms with Gasteiger partial charge in [0.15, 0.2) is 5.82 Å². The molecule has 1 heterocycles. The summed E-state index contributed by atoms with van der Waals surface area (Å²) in [6, 6.07) is 0.344. The monoisotopic (exact) mass is 238 g/mol. The third kappa shape index (κ3) is 2.93. The lowest BCUT2D eigenvalue weighted by Gasteiger charge is -2.25. The summed E-state index contributed by atoms with van der Waals surface area (Å²) in [5, 5.41) is 4.54.